The summed E-state index contributed by atoms with van der Waals surface area (Å²) in [5.41, 5.74) is 1.79. The van der Waals surface area contributed by atoms with Gasteiger partial charge in [-0.05, 0) is 117 Å². The van der Waals surface area contributed by atoms with Crippen LogP contribution in [0, 0.1) is 29.1 Å². The van der Waals surface area contributed by atoms with E-state index in [-0.39, 0.29) is 29.7 Å². The Bertz CT molecular complexity index is 1530. The molecule has 4 amide bonds. The maximum atomic E-state index is 13.7. The van der Waals surface area contributed by atoms with Gasteiger partial charge in [-0.1, -0.05) is 46.0 Å². The van der Waals surface area contributed by atoms with Crippen LogP contribution in [0.4, 0.5) is 0 Å². The van der Waals surface area contributed by atoms with Gasteiger partial charge >= 0.3 is 0 Å². The second-order valence-corrected chi connectivity index (χ2v) is 14.8. The molecule has 3 fully saturated rings. The Morgan fingerprint density at radius 2 is 1.07 bits per heavy atom. The van der Waals surface area contributed by atoms with Crippen molar-refractivity contribution in [2.24, 2.45) is 29.1 Å². The van der Waals surface area contributed by atoms with Gasteiger partial charge in [0.1, 0.15) is 11.5 Å². The molecule has 45 heavy (non-hydrogen) atoms. The number of carbonyl (C=O) groups is 4. The number of nitrogens with zero attached hydrogens (tertiary/aromatic N) is 2. The van der Waals surface area contributed by atoms with Crippen molar-refractivity contribution in [3.63, 3.8) is 0 Å². The average molecular weight is 611 g/mol. The predicted octanol–water partition coefficient (Wildman–Crippen LogP) is 8.27. The molecule has 1 atom stereocenters. The molecule has 7 nitrogen and oxygen atoms in total. The lowest BCUT2D eigenvalue weighted by Crippen LogP contribution is -2.48. The molecule has 2 heterocycles. The molecule has 0 saturated heterocycles. The normalized spacial score (nSPS) is 28.7. The van der Waals surface area contributed by atoms with Crippen LogP contribution in [0.25, 0.3) is 0 Å². The quantitative estimate of drug-likeness (QED) is 0.308. The Hall–Kier alpha value is -3.48. The topological polar surface area (TPSA) is 84.0 Å². The summed E-state index contributed by atoms with van der Waals surface area (Å²) in [5.74, 6) is 2.75. The Kier molecular flexibility index (Phi) is 7.85. The zero-order chi connectivity index (χ0) is 31.5. The van der Waals surface area contributed by atoms with E-state index < -0.39 is 0 Å². The lowest BCUT2D eigenvalue weighted by Gasteiger charge is -2.54. The van der Waals surface area contributed by atoms with Crippen molar-refractivity contribution in [2.45, 2.75) is 103 Å². The third kappa shape index (κ3) is 5.11. The summed E-state index contributed by atoms with van der Waals surface area (Å²) in [6.07, 6.45) is 16.2. The summed E-state index contributed by atoms with van der Waals surface area (Å²) in [4.78, 5) is 54.6. The van der Waals surface area contributed by atoms with Crippen molar-refractivity contribution in [1.82, 2.24) is 9.80 Å². The number of imide groups is 2. The van der Waals surface area contributed by atoms with Gasteiger partial charge in [-0.3, -0.25) is 29.0 Å². The predicted molar refractivity (Wildman–Crippen MR) is 171 cm³/mol. The fraction of sp³-hybridized carbons (Fsp3) is 0.579. The van der Waals surface area contributed by atoms with Gasteiger partial charge in [-0.15, -0.1) is 0 Å². The molecule has 0 radical (unpaired) electrons. The van der Waals surface area contributed by atoms with E-state index in [9.17, 15) is 19.2 Å². The van der Waals surface area contributed by atoms with Gasteiger partial charge in [-0.2, -0.15) is 0 Å². The molecule has 7 rings (SSSR count). The van der Waals surface area contributed by atoms with Gasteiger partial charge in [0, 0.05) is 13.1 Å². The molecule has 0 aromatic heterocycles. The van der Waals surface area contributed by atoms with Crippen molar-refractivity contribution in [1.29, 1.82) is 0 Å². The lowest BCUT2D eigenvalue weighted by atomic mass is 9.52. The summed E-state index contributed by atoms with van der Waals surface area (Å²) in [6.45, 7) is 5.04. The Morgan fingerprint density at radius 1 is 0.600 bits per heavy atom. The maximum absolute atomic E-state index is 13.7. The maximum Gasteiger partial charge on any atom is 0.261 e. The van der Waals surface area contributed by atoms with Crippen molar-refractivity contribution in [3.8, 4) is 11.5 Å². The second kappa shape index (κ2) is 11.7. The fourth-order valence-electron chi connectivity index (χ4n) is 9.74. The summed E-state index contributed by atoms with van der Waals surface area (Å²) < 4.78 is 6.02. The van der Waals surface area contributed by atoms with Crippen LogP contribution in [0.15, 0.2) is 36.4 Å². The molecule has 5 aliphatic rings. The van der Waals surface area contributed by atoms with E-state index in [2.05, 4.69) is 13.8 Å². The van der Waals surface area contributed by atoms with E-state index in [0.717, 1.165) is 48.3 Å². The molecular formula is C38H46N2O5. The number of ether oxygens (including phenoxy) is 1. The van der Waals surface area contributed by atoms with E-state index in [4.69, 9.17) is 4.74 Å². The Morgan fingerprint density at radius 3 is 1.67 bits per heavy atom. The molecule has 7 heteroatoms. The molecule has 2 aromatic rings. The molecule has 0 spiro atoms. The van der Waals surface area contributed by atoms with Gasteiger partial charge in [0.25, 0.3) is 23.6 Å². The molecule has 0 bridgehead atoms. The molecule has 0 N–H and O–H groups in total. The van der Waals surface area contributed by atoms with Crippen LogP contribution >= 0.6 is 0 Å². The number of amides is 4. The van der Waals surface area contributed by atoms with E-state index in [1.54, 1.807) is 36.4 Å². The first kappa shape index (κ1) is 30.2. The molecule has 238 valence electrons. The van der Waals surface area contributed by atoms with Crippen LogP contribution in [-0.2, 0) is 0 Å². The highest BCUT2D eigenvalue weighted by molar-refractivity contribution is 6.22. The van der Waals surface area contributed by atoms with Crippen LogP contribution in [0.5, 0.6) is 11.5 Å². The summed E-state index contributed by atoms with van der Waals surface area (Å²) in [5, 5.41) is 0. The van der Waals surface area contributed by atoms with Crippen LogP contribution in [0.1, 0.15) is 139 Å². The van der Waals surface area contributed by atoms with Crippen molar-refractivity contribution < 1.29 is 23.9 Å². The minimum Gasteiger partial charge on any atom is -0.457 e. The largest absolute Gasteiger partial charge is 0.457 e. The first-order valence-corrected chi connectivity index (χ1v) is 17.3. The number of benzene rings is 2. The van der Waals surface area contributed by atoms with Crippen LogP contribution in [0.3, 0.4) is 0 Å². The highest BCUT2D eigenvalue weighted by Gasteiger charge is 2.50. The fourth-order valence-corrected chi connectivity index (χ4v) is 9.74. The average Bonchev–Trinajstić information content (AvgIpc) is 3.44. The molecule has 2 aliphatic heterocycles. The number of hydrogen-bond acceptors (Lipinski definition) is 5. The first-order valence-electron chi connectivity index (χ1n) is 17.3. The van der Waals surface area contributed by atoms with Gasteiger partial charge in [0.2, 0.25) is 0 Å². The third-order valence-electron chi connectivity index (χ3n) is 12.5. The molecule has 2 aromatic carbocycles. The minimum absolute atomic E-state index is 0.0720. The first-order chi connectivity index (χ1) is 21.7. The lowest BCUT2D eigenvalue weighted by molar-refractivity contribution is -0.0425. The Labute approximate surface area is 266 Å². The zero-order valence-electron chi connectivity index (χ0n) is 27.0. The van der Waals surface area contributed by atoms with Crippen molar-refractivity contribution >= 4 is 23.6 Å². The SMILES string of the molecule is CC1CCC(C(C)(C2CCCCC2)C2CCC(N3C(=O)c4ccc(Oc5ccc6c(c5)C(=O)N(C)C6=O)cc4C3=O)CC2)CC1. The monoisotopic (exact) mass is 610 g/mol. The van der Waals surface area contributed by atoms with E-state index >= 15 is 0 Å². The van der Waals surface area contributed by atoms with Crippen LogP contribution in [0.2, 0.25) is 0 Å². The van der Waals surface area contributed by atoms with E-state index in [0.29, 0.717) is 45.1 Å². The van der Waals surface area contributed by atoms with E-state index in [1.807, 2.05) is 0 Å². The molecule has 3 aliphatic carbocycles. The number of carbonyl (C=O) groups excluding carboxylic acids is 4. The second-order valence-electron chi connectivity index (χ2n) is 14.8. The molecule has 1 unspecified atom stereocenters. The zero-order valence-corrected chi connectivity index (χ0v) is 27.0. The van der Waals surface area contributed by atoms with Gasteiger partial charge in [-0.25, -0.2) is 0 Å². The van der Waals surface area contributed by atoms with Crippen molar-refractivity contribution in [3.05, 3.63) is 58.7 Å². The smallest absolute Gasteiger partial charge is 0.261 e. The number of fused-ring (bicyclic) bond motifs is 2. The van der Waals surface area contributed by atoms with Gasteiger partial charge in [0.05, 0.1) is 22.3 Å². The van der Waals surface area contributed by atoms with Crippen LogP contribution in [-0.4, -0.2) is 46.5 Å². The third-order valence-corrected chi connectivity index (χ3v) is 12.5. The highest BCUT2D eigenvalue weighted by Crippen LogP contribution is 2.57. The summed E-state index contributed by atoms with van der Waals surface area (Å²) >= 11 is 0. The Balaban J connectivity index is 1.05. The minimum atomic E-state index is -0.368. The summed E-state index contributed by atoms with van der Waals surface area (Å²) in [7, 11) is 1.46. The van der Waals surface area contributed by atoms with Crippen molar-refractivity contribution in [2.75, 3.05) is 7.05 Å². The van der Waals surface area contributed by atoms with Crippen LogP contribution < -0.4 is 4.74 Å². The van der Waals surface area contributed by atoms with Gasteiger partial charge < -0.3 is 4.74 Å². The van der Waals surface area contributed by atoms with Gasteiger partial charge in [0.15, 0.2) is 0 Å². The highest BCUT2D eigenvalue weighted by atomic mass is 16.5. The summed E-state index contributed by atoms with van der Waals surface area (Å²) in [6, 6.07) is 9.72. The molecular weight excluding hydrogens is 564 g/mol. The molecule has 3 saturated carbocycles. The number of rotatable bonds is 6. The standard InChI is InChI=1S/C38H46N2O5/c1-23-9-11-25(12-10-23)38(2,24-7-5-4-6-8-24)26-13-15-27(16-14-26)40-36(43)31-20-18-29(22-33(31)37(40)44)45-28-17-19-30-32(21-28)35(42)39(3)34(30)41/h17-27H,4-16H2,1-3H3. The number of hydrogen-bond donors (Lipinski definition) is 0. The van der Waals surface area contributed by atoms with E-state index in [1.165, 1.54) is 69.7 Å².